The largest absolute Gasteiger partial charge is 0.491 e. The summed E-state index contributed by atoms with van der Waals surface area (Å²) in [6.07, 6.45) is 3.93. The van der Waals surface area contributed by atoms with Crippen LogP contribution in [0.25, 0.3) is 5.52 Å². The summed E-state index contributed by atoms with van der Waals surface area (Å²) in [6, 6.07) is 9.59. The summed E-state index contributed by atoms with van der Waals surface area (Å²) < 4.78 is 13.7. The van der Waals surface area contributed by atoms with Crippen molar-refractivity contribution in [2.24, 2.45) is 0 Å². The summed E-state index contributed by atoms with van der Waals surface area (Å²) >= 11 is 0. The van der Waals surface area contributed by atoms with E-state index in [0.29, 0.717) is 30.3 Å². The number of amides is 2. The summed E-state index contributed by atoms with van der Waals surface area (Å²) in [5.41, 5.74) is 3.33. The van der Waals surface area contributed by atoms with Crippen molar-refractivity contribution < 1.29 is 19.1 Å². The predicted octanol–water partition coefficient (Wildman–Crippen LogP) is 5.31. The zero-order chi connectivity index (χ0) is 26.5. The zero-order valence-corrected chi connectivity index (χ0v) is 22.6. The first-order chi connectivity index (χ1) is 17.4. The molecule has 2 aromatic heterocycles. The molecule has 196 valence electrons. The highest BCUT2D eigenvalue weighted by Gasteiger charge is 2.35. The minimum Gasteiger partial charge on any atom is -0.491 e. The van der Waals surface area contributed by atoms with E-state index in [0.717, 1.165) is 35.4 Å². The Labute approximate surface area is 218 Å². The van der Waals surface area contributed by atoms with Gasteiger partial charge in [-0.25, -0.2) is 9.78 Å². The molecular formula is C29H36N4O4. The number of ether oxygens (including phenoxy) is 2. The molecule has 5 rings (SSSR count). The van der Waals surface area contributed by atoms with Gasteiger partial charge in [0.1, 0.15) is 23.8 Å². The molecule has 1 fully saturated rings. The normalized spacial score (nSPS) is 16.1. The third-order valence-electron chi connectivity index (χ3n) is 6.80. The molecule has 0 atom stereocenters. The highest BCUT2D eigenvalue weighted by Crippen LogP contribution is 2.43. The van der Waals surface area contributed by atoms with Crippen LogP contribution in [0.4, 0.5) is 4.79 Å². The topological polar surface area (TPSA) is 85.2 Å². The number of aryl methyl sites for hydroxylation is 1. The summed E-state index contributed by atoms with van der Waals surface area (Å²) in [7, 11) is 0. The molecule has 1 aromatic carbocycles. The molecule has 0 bridgehead atoms. The molecule has 1 saturated carbocycles. The second-order valence-corrected chi connectivity index (χ2v) is 11.6. The van der Waals surface area contributed by atoms with E-state index in [1.807, 2.05) is 59.0 Å². The Hall–Kier alpha value is -3.55. The molecule has 8 heteroatoms. The van der Waals surface area contributed by atoms with E-state index in [2.05, 4.69) is 22.7 Å². The molecular weight excluding hydrogens is 468 g/mol. The van der Waals surface area contributed by atoms with Gasteiger partial charge in [-0.3, -0.25) is 4.79 Å². The van der Waals surface area contributed by atoms with Gasteiger partial charge in [0.2, 0.25) is 0 Å². The van der Waals surface area contributed by atoms with Crippen molar-refractivity contribution in [1.82, 2.24) is 19.6 Å². The number of hydrogen-bond acceptors (Lipinski definition) is 5. The summed E-state index contributed by atoms with van der Waals surface area (Å²) in [5, 5.41) is 3.20. The molecule has 0 saturated heterocycles. The van der Waals surface area contributed by atoms with Gasteiger partial charge in [-0.15, -0.1) is 0 Å². The smallest absolute Gasteiger partial charge is 0.410 e. The molecule has 0 radical (unpaired) electrons. The van der Waals surface area contributed by atoms with Crippen LogP contribution in [0.1, 0.15) is 86.4 Å². The van der Waals surface area contributed by atoms with Gasteiger partial charge in [0, 0.05) is 17.7 Å². The number of nitrogens with one attached hydrogen (secondary N) is 1. The fourth-order valence-corrected chi connectivity index (χ4v) is 4.91. The zero-order valence-electron chi connectivity index (χ0n) is 22.6. The first-order valence-electron chi connectivity index (χ1n) is 13.0. The van der Waals surface area contributed by atoms with Gasteiger partial charge >= 0.3 is 6.09 Å². The van der Waals surface area contributed by atoms with Crippen LogP contribution < -0.4 is 10.1 Å². The first kappa shape index (κ1) is 25.1. The van der Waals surface area contributed by atoms with Crippen molar-refractivity contribution in [2.75, 3.05) is 13.2 Å². The quantitative estimate of drug-likeness (QED) is 0.520. The number of benzene rings is 1. The number of pyridine rings is 1. The molecule has 1 N–H and O–H groups in total. The molecule has 1 aliphatic carbocycles. The minimum atomic E-state index is -0.739. The number of carbonyl (C=O) groups excluding carboxylic acids is 2. The maximum absolute atomic E-state index is 13.6. The van der Waals surface area contributed by atoms with Gasteiger partial charge in [0.05, 0.1) is 35.4 Å². The highest BCUT2D eigenvalue weighted by atomic mass is 16.6. The van der Waals surface area contributed by atoms with E-state index < -0.39 is 17.2 Å². The monoisotopic (exact) mass is 504 g/mol. The van der Waals surface area contributed by atoms with Gasteiger partial charge in [0.25, 0.3) is 5.91 Å². The number of rotatable bonds is 4. The first-order valence-corrected chi connectivity index (χ1v) is 13.0. The molecule has 2 aliphatic rings. The average Bonchev–Trinajstić information content (AvgIpc) is 3.60. The lowest BCUT2D eigenvalue weighted by molar-refractivity contribution is 0.0225. The Morgan fingerprint density at radius 1 is 1.11 bits per heavy atom. The van der Waals surface area contributed by atoms with Gasteiger partial charge in [-0.1, -0.05) is 18.2 Å². The highest BCUT2D eigenvalue weighted by molar-refractivity contribution is 5.98. The maximum atomic E-state index is 13.6. The van der Waals surface area contributed by atoms with E-state index >= 15 is 0 Å². The number of aromatic nitrogens is 2. The maximum Gasteiger partial charge on any atom is 0.410 e. The van der Waals surface area contributed by atoms with E-state index in [4.69, 9.17) is 14.5 Å². The van der Waals surface area contributed by atoms with Crippen LogP contribution in [0.15, 0.2) is 36.5 Å². The van der Waals surface area contributed by atoms with Crippen molar-refractivity contribution in [1.29, 1.82) is 0 Å². The van der Waals surface area contributed by atoms with Gasteiger partial charge in [-0.05, 0) is 72.1 Å². The fraction of sp³-hybridized carbons (Fsp3) is 0.483. The van der Waals surface area contributed by atoms with E-state index in [1.54, 1.807) is 11.0 Å². The van der Waals surface area contributed by atoms with Crippen molar-refractivity contribution in [2.45, 2.75) is 78.0 Å². The molecule has 0 unspecified atom stereocenters. The van der Waals surface area contributed by atoms with Crippen LogP contribution in [-0.4, -0.2) is 45.0 Å². The molecule has 1 aliphatic heterocycles. The van der Waals surface area contributed by atoms with Crippen LogP contribution >= 0.6 is 0 Å². The second kappa shape index (κ2) is 9.08. The minimum absolute atomic E-state index is 0.245. The van der Waals surface area contributed by atoms with Crippen LogP contribution in [-0.2, 0) is 16.8 Å². The number of nitrogens with zero attached hydrogens (tertiary/aromatic N) is 3. The van der Waals surface area contributed by atoms with Crippen LogP contribution in [0.2, 0.25) is 0 Å². The number of para-hydroxylation sites is 1. The van der Waals surface area contributed by atoms with Crippen LogP contribution in [0.3, 0.4) is 0 Å². The Kier molecular flexibility index (Phi) is 6.16. The standard InChI is InChI=1S/C29H36N4O4/c1-18-9-8-14-33-23(18)22(19-12-13-19)30-26(33)29(5,6)31-25(34)21-11-7-10-20-17-32(15-16-36-24(20)21)27(35)37-28(2,3)4/h7-11,14,19H,12-13,15-17H2,1-6H3,(H,31,34). The lowest BCUT2D eigenvalue weighted by Gasteiger charge is -2.26. The Balaban J connectivity index is 1.42. The van der Waals surface area contributed by atoms with Crippen LogP contribution in [0.5, 0.6) is 5.75 Å². The third-order valence-corrected chi connectivity index (χ3v) is 6.80. The molecule has 37 heavy (non-hydrogen) atoms. The number of hydrogen-bond donors (Lipinski definition) is 1. The molecule has 8 nitrogen and oxygen atoms in total. The molecule has 0 spiro atoms. The molecule has 2 amide bonds. The van der Waals surface area contributed by atoms with E-state index in [-0.39, 0.29) is 12.5 Å². The van der Waals surface area contributed by atoms with Gasteiger partial charge < -0.3 is 24.1 Å². The Morgan fingerprint density at radius 3 is 2.57 bits per heavy atom. The predicted molar refractivity (Wildman–Crippen MR) is 141 cm³/mol. The Morgan fingerprint density at radius 2 is 1.86 bits per heavy atom. The number of carbonyl (C=O) groups is 2. The summed E-state index contributed by atoms with van der Waals surface area (Å²) in [6.45, 7) is 12.5. The van der Waals surface area contributed by atoms with Crippen molar-refractivity contribution in [3.8, 4) is 5.75 Å². The number of fused-ring (bicyclic) bond motifs is 2. The molecule has 3 heterocycles. The summed E-state index contributed by atoms with van der Waals surface area (Å²) in [5.74, 6) is 1.55. The second-order valence-electron chi connectivity index (χ2n) is 11.6. The Bertz CT molecular complexity index is 1360. The fourth-order valence-electron chi connectivity index (χ4n) is 4.91. The third kappa shape index (κ3) is 5.02. The van der Waals surface area contributed by atoms with E-state index in [9.17, 15) is 9.59 Å². The molecule has 3 aromatic rings. The van der Waals surface area contributed by atoms with Crippen LogP contribution in [0, 0.1) is 6.92 Å². The SMILES string of the molecule is Cc1cccn2c(C(C)(C)NC(=O)c3cccc4c3OCCN(C(=O)OC(C)(C)C)C4)nc(C3CC3)c12. The van der Waals surface area contributed by atoms with Gasteiger partial charge in [-0.2, -0.15) is 0 Å². The number of imidazole rings is 1. The van der Waals surface area contributed by atoms with Crippen molar-refractivity contribution in [3.63, 3.8) is 0 Å². The van der Waals surface area contributed by atoms with Crippen molar-refractivity contribution >= 4 is 17.5 Å². The van der Waals surface area contributed by atoms with Crippen molar-refractivity contribution in [3.05, 3.63) is 64.7 Å². The lowest BCUT2D eigenvalue weighted by atomic mass is 10.0. The van der Waals surface area contributed by atoms with Gasteiger partial charge in [0.15, 0.2) is 0 Å². The van der Waals surface area contributed by atoms with E-state index in [1.165, 1.54) is 5.56 Å². The summed E-state index contributed by atoms with van der Waals surface area (Å²) in [4.78, 5) is 33.0. The lowest BCUT2D eigenvalue weighted by Crippen LogP contribution is -2.42. The average molecular weight is 505 g/mol.